The van der Waals surface area contributed by atoms with Crippen molar-refractivity contribution in [3.8, 4) is 0 Å². The Kier molecular flexibility index (Phi) is 17.1. The fraction of sp³-hybridized carbons (Fsp3) is 1.00. The first kappa shape index (κ1) is 38.5. The molecule has 0 aromatic rings. The molecule has 0 amide bonds. The zero-order valence-corrected chi connectivity index (χ0v) is 27.2. The highest BCUT2D eigenvalue weighted by atomic mass is 31.2. The van der Waals surface area contributed by atoms with E-state index in [-0.39, 0.29) is 12.8 Å². The number of hydrogen-bond acceptors (Lipinski definition) is 14. The van der Waals surface area contributed by atoms with E-state index < -0.39 is 40.5 Å². The van der Waals surface area contributed by atoms with Crippen molar-refractivity contribution in [3.05, 3.63) is 0 Å². The maximum atomic E-state index is 13.0. The van der Waals surface area contributed by atoms with Crippen LogP contribution in [0, 0.1) is 0 Å². The van der Waals surface area contributed by atoms with Crippen molar-refractivity contribution in [2.75, 3.05) is 56.9 Å². The Morgan fingerprint density at radius 3 is 0.711 bits per heavy atom. The normalized spacial score (nSPS) is 14.3. The van der Waals surface area contributed by atoms with Gasteiger partial charge in [-0.1, -0.05) is 38.5 Å². The number of unbranched alkanes of at least 4 members (excludes halogenated alkanes) is 7. The molecular weight excluding hydrogens is 588 g/mol. The molecule has 0 atom stereocenters. The van der Waals surface area contributed by atoms with Crippen molar-refractivity contribution < 1.29 is 64.7 Å². The minimum absolute atomic E-state index is 0.193. The second kappa shape index (κ2) is 16.8. The van der Waals surface area contributed by atoms with Crippen molar-refractivity contribution in [1.82, 2.24) is 0 Å². The van der Waals surface area contributed by atoms with Gasteiger partial charge < -0.3 is 46.4 Å². The predicted molar refractivity (Wildman–Crippen MR) is 143 cm³/mol. The molecule has 0 aliphatic carbocycles. The monoisotopic (exact) mass is 634 g/mol. The standard InChI is InChI=1S/C20H46O14P4/c1-27-35(23,28-2)19(21,36(24,29-3)30-4)17-15-13-11-9-10-12-14-16-18-20(22,37(25,31-5)32-6)38(26,33-7)34-8/h21-22H,9-18H2,1-8H3. The van der Waals surface area contributed by atoms with Gasteiger partial charge in [0, 0.05) is 56.9 Å². The van der Waals surface area contributed by atoms with Crippen molar-refractivity contribution in [1.29, 1.82) is 0 Å². The van der Waals surface area contributed by atoms with Crippen LogP contribution in [0.25, 0.3) is 0 Å². The average molecular weight is 634 g/mol. The van der Waals surface area contributed by atoms with Crippen molar-refractivity contribution in [3.63, 3.8) is 0 Å². The smallest absolute Gasteiger partial charge is 0.368 e. The van der Waals surface area contributed by atoms with E-state index in [1.54, 1.807) is 0 Å². The molecule has 38 heavy (non-hydrogen) atoms. The molecule has 14 nitrogen and oxygen atoms in total. The SMILES string of the molecule is COP(=O)(OC)C(O)(CCCCCCCCCCC(O)(P(=O)(OC)OC)P(=O)(OC)OC)P(=O)(OC)OC. The van der Waals surface area contributed by atoms with Crippen molar-refractivity contribution in [2.45, 2.75) is 74.4 Å². The number of rotatable bonds is 23. The summed E-state index contributed by atoms with van der Waals surface area (Å²) in [5, 5.41) is 17.2. The fourth-order valence-corrected chi connectivity index (χ4v) is 13.1. The van der Waals surface area contributed by atoms with Crippen LogP contribution in [0.5, 0.6) is 0 Å². The summed E-state index contributed by atoms with van der Waals surface area (Å²) in [7, 11) is -8.28. The molecular formula is C20H46O14P4. The molecule has 0 fully saturated rings. The van der Waals surface area contributed by atoms with Crippen LogP contribution in [0.4, 0.5) is 0 Å². The molecule has 0 rings (SSSR count). The molecule has 0 bridgehead atoms. The minimum atomic E-state index is -4.23. The molecule has 0 aromatic carbocycles. The second-order valence-corrected chi connectivity index (χ2v) is 18.9. The van der Waals surface area contributed by atoms with Gasteiger partial charge in [-0.15, -0.1) is 0 Å². The zero-order valence-electron chi connectivity index (χ0n) is 23.7. The van der Waals surface area contributed by atoms with Crippen LogP contribution in [0.1, 0.15) is 64.2 Å². The summed E-state index contributed by atoms with van der Waals surface area (Å²) in [5.74, 6) is 0. The summed E-state index contributed by atoms with van der Waals surface area (Å²) in [6.07, 6.45) is 4.74. The Labute approximate surface area is 226 Å². The predicted octanol–water partition coefficient (Wildman–Crippen LogP) is 6.12. The Bertz CT molecular complexity index is 728. The fourth-order valence-electron chi connectivity index (χ4n) is 4.10. The molecule has 0 aromatic heterocycles. The maximum Gasteiger partial charge on any atom is 0.374 e. The Hall–Kier alpha value is 0.520. The first-order valence-corrected chi connectivity index (χ1v) is 18.2. The molecule has 0 spiro atoms. The molecule has 18 heteroatoms. The quantitative estimate of drug-likeness (QED) is 0.0967. The van der Waals surface area contributed by atoms with Crippen LogP contribution in [-0.4, -0.2) is 77.3 Å². The maximum absolute atomic E-state index is 13.0. The molecule has 230 valence electrons. The van der Waals surface area contributed by atoms with Gasteiger partial charge in [0.1, 0.15) is 0 Å². The van der Waals surface area contributed by atoms with Crippen LogP contribution in [0.15, 0.2) is 0 Å². The van der Waals surface area contributed by atoms with E-state index in [2.05, 4.69) is 0 Å². The largest absolute Gasteiger partial charge is 0.374 e. The van der Waals surface area contributed by atoms with E-state index in [9.17, 15) is 28.5 Å². The summed E-state index contributed by atoms with van der Waals surface area (Å²) < 4.78 is 91.0. The van der Waals surface area contributed by atoms with Crippen LogP contribution in [-0.2, 0) is 54.5 Å². The average Bonchev–Trinajstić information content (AvgIpc) is 2.95. The molecule has 0 saturated carbocycles. The van der Waals surface area contributed by atoms with Gasteiger partial charge in [0.2, 0.25) is 0 Å². The minimum Gasteiger partial charge on any atom is -0.368 e. The summed E-state index contributed by atoms with van der Waals surface area (Å²) in [6.45, 7) is 0. The van der Waals surface area contributed by atoms with Crippen molar-refractivity contribution >= 4 is 30.4 Å². The van der Waals surface area contributed by atoms with Gasteiger partial charge in [-0.05, 0) is 25.7 Å². The first-order valence-electron chi connectivity index (χ1n) is 12.0. The first-order chi connectivity index (χ1) is 17.7. The third kappa shape index (κ3) is 8.08. The number of aliphatic hydroxyl groups is 2. The lowest BCUT2D eigenvalue weighted by Crippen LogP contribution is -2.31. The lowest BCUT2D eigenvalue weighted by molar-refractivity contribution is 0.0946. The molecule has 2 N–H and O–H groups in total. The molecule has 0 aliphatic heterocycles. The lowest BCUT2D eigenvalue weighted by atomic mass is 10.1. The van der Waals surface area contributed by atoms with E-state index in [1.165, 1.54) is 0 Å². The second-order valence-electron chi connectivity index (χ2n) is 8.33. The summed E-state index contributed by atoms with van der Waals surface area (Å²) in [4.78, 5) is 0. The zero-order chi connectivity index (χ0) is 29.7. The van der Waals surface area contributed by atoms with E-state index in [4.69, 9.17) is 36.2 Å². The van der Waals surface area contributed by atoms with Gasteiger partial charge in [0.15, 0.2) is 0 Å². The van der Waals surface area contributed by atoms with Crippen LogP contribution in [0.3, 0.4) is 0 Å². The summed E-state index contributed by atoms with van der Waals surface area (Å²) in [5.41, 5.74) is 0. The van der Waals surface area contributed by atoms with Gasteiger partial charge >= 0.3 is 30.4 Å². The molecule has 0 aliphatic rings. The van der Waals surface area contributed by atoms with Gasteiger partial charge in [0.25, 0.3) is 10.2 Å². The Morgan fingerprint density at radius 1 is 0.395 bits per heavy atom. The summed E-state index contributed by atoms with van der Waals surface area (Å²) >= 11 is 0. The Morgan fingerprint density at radius 2 is 0.553 bits per heavy atom. The van der Waals surface area contributed by atoms with Crippen molar-refractivity contribution in [2.24, 2.45) is 0 Å². The van der Waals surface area contributed by atoms with Gasteiger partial charge in [-0.3, -0.25) is 18.3 Å². The summed E-state index contributed by atoms with van der Waals surface area (Å²) in [6, 6.07) is 0. The number of hydrogen-bond donors (Lipinski definition) is 2. The molecule has 0 heterocycles. The van der Waals surface area contributed by atoms with Crippen LogP contribution < -0.4 is 0 Å². The van der Waals surface area contributed by atoms with E-state index in [0.717, 1.165) is 82.6 Å². The highest BCUT2D eigenvalue weighted by Crippen LogP contribution is 2.78. The highest BCUT2D eigenvalue weighted by molar-refractivity contribution is 7.74. The van der Waals surface area contributed by atoms with Gasteiger partial charge in [-0.25, -0.2) is 0 Å². The molecule has 0 radical (unpaired) electrons. The molecule has 0 unspecified atom stereocenters. The molecule has 0 saturated heterocycles. The third-order valence-corrected chi connectivity index (χ3v) is 17.6. The van der Waals surface area contributed by atoms with E-state index in [1.807, 2.05) is 0 Å². The van der Waals surface area contributed by atoms with Gasteiger partial charge in [-0.2, -0.15) is 0 Å². The lowest BCUT2D eigenvalue weighted by Gasteiger charge is -2.36. The van der Waals surface area contributed by atoms with E-state index in [0.29, 0.717) is 25.7 Å². The topological polar surface area (TPSA) is 183 Å². The Balaban J connectivity index is 4.85. The van der Waals surface area contributed by atoms with Gasteiger partial charge in [0.05, 0.1) is 0 Å². The third-order valence-electron chi connectivity index (χ3n) is 6.45. The highest BCUT2D eigenvalue weighted by Gasteiger charge is 2.64. The van der Waals surface area contributed by atoms with E-state index >= 15 is 0 Å². The van der Waals surface area contributed by atoms with Crippen LogP contribution >= 0.6 is 30.4 Å². The van der Waals surface area contributed by atoms with Crippen LogP contribution in [0.2, 0.25) is 0 Å².